The SMILES string of the molecule is Cc1ccc(N2CCC(N3CCNCC3)C2=O)c(C)c1. The van der Waals surface area contributed by atoms with E-state index in [1.54, 1.807) is 0 Å². The third-order valence-corrected chi connectivity index (χ3v) is 4.41. The summed E-state index contributed by atoms with van der Waals surface area (Å²) in [5.74, 6) is 0.277. The van der Waals surface area contributed by atoms with Crippen LogP contribution in [0.4, 0.5) is 5.69 Å². The maximum absolute atomic E-state index is 12.7. The first kappa shape index (κ1) is 13.6. The number of rotatable bonds is 2. The molecule has 0 saturated carbocycles. The van der Waals surface area contributed by atoms with Crippen LogP contribution in [0.2, 0.25) is 0 Å². The Labute approximate surface area is 120 Å². The summed E-state index contributed by atoms with van der Waals surface area (Å²) in [7, 11) is 0. The van der Waals surface area contributed by atoms with Crippen molar-refractivity contribution in [2.24, 2.45) is 0 Å². The van der Waals surface area contributed by atoms with E-state index in [4.69, 9.17) is 0 Å². The lowest BCUT2D eigenvalue weighted by Crippen LogP contribution is -2.51. The molecule has 108 valence electrons. The first-order valence-electron chi connectivity index (χ1n) is 7.50. The van der Waals surface area contributed by atoms with Crippen LogP contribution in [0.15, 0.2) is 18.2 Å². The van der Waals surface area contributed by atoms with Gasteiger partial charge in [-0.1, -0.05) is 17.7 Å². The normalized spacial score (nSPS) is 24.4. The van der Waals surface area contributed by atoms with Gasteiger partial charge < -0.3 is 10.2 Å². The second-order valence-corrected chi connectivity index (χ2v) is 5.87. The van der Waals surface area contributed by atoms with Crippen molar-refractivity contribution in [2.75, 3.05) is 37.6 Å². The molecule has 20 heavy (non-hydrogen) atoms. The third-order valence-electron chi connectivity index (χ3n) is 4.41. The highest BCUT2D eigenvalue weighted by molar-refractivity contribution is 6.00. The summed E-state index contributed by atoms with van der Waals surface area (Å²) in [4.78, 5) is 17.0. The van der Waals surface area contributed by atoms with E-state index in [2.05, 4.69) is 42.3 Å². The van der Waals surface area contributed by atoms with E-state index >= 15 is 0 Å². The Morgan fingerprint density at radius 3 is 2.60 bits per heavy atom. The van der Waals surface area contributed by atoms with Gasteiger partial charge in [0.05, 0.1) is 6.04 Å². The molecule has 1 aromatic rings. The summed E-state index contributed by atoms with van der Waals surface area (Å²) in [6, 6.07) is 6.41. The molecular formula is C16H23N3O. The number of carbonyl (C=O) groups is 1. The Hall–Kier alpha value is -1.39. The number of hydrogen-bond acceptors (Lipinski definition) is 3. The maximum Gasteiger partial charge on any atom is 0.244 e. The average Bonchev–Trinajstić information content (AvgIpc) is 2.82. The topological polar surface area (TPSA) is 35.6 Å². The van der Waals surface area contributed by atoms with Gasteiger partial charge in [0.25, 0.3) is 0 Å². The van der Waals surface area contributed by atoms with Gasteiger partial charge in [-0.3, -0.25) is 9.69 Å². The molecule has 2 fully saturated rings. The highest BCUT2D eigenvalue weighted by atomic mass is 16.2. The van der Waals surface area contributed by atoms with Gasteiger partial charge in [-0.2, -0.15) is 0 Å². The lowest BCUT2D eigenvalue weighted by atomic mass is 10.1. The Kier molecular flexibility index (Phi) is 3.76. The molecule has 2 aliphatic heterocycles. The van der Waals surface area contributed by atoms with Crippen LogP contribution in [0.5, 0.6) is 0 Å². The lowest BCUT2D eigenvalue weighted by molar-refractivity contribution is -0.121. The number of amides is 1. The van der Waals surface area contributed by atoms with Crippen LogP contribution in [0.1, 0.15) is 17.5 Å². The highest BCUT2D eigenvalue weighted by Crippen LogP contribution is 2.28. The fraction of sp³-hybridized carbons (Fsp3) is 0.562. The third kappa shape index (κ3) is 2.45. The van der Waals surface area contributed by atoms with Crippen molar-refractivity contribution in [1.82, 2.24) is 10.2 Å². The van der Waals surface area contributed by atoms with Crippen molar-refractivity contribution in [1.29, 1.82) is 0 Å². The van der Waals surface area contributed by atoms with E-state index in [1.807, 2.05) is 4.90 Å². The van der Waals surface area contributed by atoms with Crippen LogP contribution in [-0.2, 0) is 4.79 Å². The number of benzene rings is 1. The summed E-state index contributed by atoms with van der Waals surface area (Å²) in [5.41, 5.74) is 3.52. The quantitative estimate of drug-likeness (QED) is 0.882. The molecule has 1 N–H and O–H groups in total. The summed E-state index contributed by atoms with van der Waals surface area (Å²) in [6.45, 7) is 8.98. The van der Waals surface area contributed by atoms with Crippen LogP contribution in [0, 0.1) is 13.8 Å². The molecule has 2 saturated heterocycles. The fourth-order valence-corrected chi connectivity index (χ4v) is 3.34. The van der Waals surface area contributed by atoms with Gasteiger partial charge >= 0.3 is 0 Å². The van der Waals surface area contributed by atoms with Crippen molar-refractivity contribution >= 4 is 11.6 Å². The summed E-state index contributed by atoms with van der Waals surface area (Å²) < 4.78 is 0. The molecule has 4 nitrogen and oxygen atoms in total. The molecule has 1 amide bonds. The molecule has 1 atom stereocenters. The van der Waals surface area contributed by atoms with Crippen LogP contribution in [-0.4, -0.2) is 49.6 Å². The van der Waals surface area contributed by atoms with E-state index in [0.717, 1.165) is 44.8 Å². The van der Waals surface area contributed by atoms with E-state index in [0.29, 0.717) is 0 Å². The minimum atomic E-state index is 0.0813. The smallest absolute Gasteiger partial charge is 0.244 e. The zero-order valence-corrected chi connectivity index (χ0v) is 12.4. The van der Waals surface area contributed by atoms with Crippen LogP contribution < -0.4 is 10.2 Å². The monoisotopic (exact) mass is 273 g/mol. The Bertz CT molecular complexity index is 508. The molecule has 0 spiro atoms. The van der Waals surface area contributed by atoms with Crippen LogP contribution in [0.25, 0.3) is 0 Å². The Morgan fingerprint density at radius 2 is 1.90 bits per heavy atom. The number of aryl methyl sites for hydroxylation is 2. The van der Waals surface area contributed by atoms with Crippen LogP contribution >= 0.6 is 0 Å². The molecular weight excluding hydrogens is 250 g/mol. The van der Waals surface area contributed by atoms with Gasteiger partial charge in [0.15, 0.2) is 0 Å². The Morgan fingerprint density at radius 1 is 1.15 bits per heavy atom. The predicted octanol–water partition coefficient (Wildman–Crippen LogP) is 1.31. The molecule has 1 aromatic carbocycles. The maximum atomic E-state index is 12.7. The van der Waals surface area contributed by atoms with Crippen molar-refractivity contribution in [3.8, 4) is 0 Å². The molecule has 2 heterocycles. The lowest BCUT2D eigenvalue weighted by Gasteiger charge is -2.31. The molecule has 0 aromatic heterocycles. The number of piperazine rings is 1. The minimum absolute atomic E-state index is 0.0813. The summed E-state index contributed by atoms with van der Waals surface area (Å²) in [6.07, 6.45) is 0.951. The van der Waals surface area contributed by atoms with Gasteiger partial charge in [-0.05, 0) is 31.9 Å². The zero-order chi connectivity index (χ0) is 14.1. The van der Waals surface area contributed by atoms with Gasteiger partial charge in [0.1, 0.15) is 0 Å². The predicted molar refractivity (Wildman–Crippen MR) is 81.1 cm³/mol. The van der Waals surface area contributed by atoms with Crippen molar-refractivity contribution < 1.29 is 4.79 Å². The molecule has 4 heteroatoms. The Balaban J connectivity index is 1.78. The molecule has 0 bridgehead atoms. The molecule has 0 aliphatic carbocycles. The summed E-state index contributed by atoms with van der Waals surface area (Å²) in [5, 5.41) is 3.34. The largest absolute Gasteiger partial charge is 0.314 e. The van der Waals surface area contributed by atoms with Gasteiger partial charge in [0.2, 0.25) is 5.91 Å². The van der Waals surface area contributed by atoms with Gasteiger partial charge in [-0.15, -0.1) is 0 Å². The molecule has 3 rings (SSSR count). The van der Waals surface area contributed by atoms with Crippen LogP contribution in [0.3, 0.4) is 0 Å². The second kappa shape index (κ2) is 5.54. The van der Waals surface area contributed by atoms with Crippen molar-refractivity contribution in [3.05, 3.63) is 29.3 Å². The van der Waals surface area contributed by atoms with E-state index in [9.17, 15) is 4.79 Å². The van der Waals surface area contributed by atoms with Crippen molar-refractivity contribution in [3.63, 3.8) is 0 Å². The molecule has 0 radical (unpaired) electrons. The standard InChI is InChI=1S/C16H23N3O/c1-12-3-4-14(13(2)11-12)19-8-5-15(16(19)20)18-9-6-17-7-10-18/h3-4,11,15,17H,5-10H2,1-2H3. The van der Waals surface area contributed by atoms with E-state index in [1.165, 1.54) is 11.1 Å². The minimum Gasteiger partial charge on any atom is -0.314 e. The average molecular weight is 273 g/mol. The number of carbonyl (C=O) groups excluding carboxylic acids is 1. The number of nitrogens with zero attached hydrogens (tertiary/aromatic N) is 2. The first-order valence-corrected chi connectivity index (χ1v) is 7.50. The number of nitrogens with one attached hydrogen (secondary N) is 1. The van der Waals surface area contributed by atoms with E-state index in [-0.39, 0.29) is 11.9 Å². The highest BCUT2D eigenvalue weighted by Gasteiger charge is 2.37. The van der Waals surface area contributed by atoms with Gasteiger partial charge in [-0.25, -0.2) is 0 Å². The first-order chi connectivity index (χ1) is 9.66. The molecule has 1 unspecified atom stereocenters. The van der Waals surface area contributed by atoms with Gasteiger partial charge in [0, 0.05) is 38.4 Å². The van der Waals surface area contributed by atoms with Crippen molar-refractivity contribution in [2.45, 2.75) is 26.3 Å². The summed E-state index contributed by atoms with van der Waals surface area (Å²) >= 11 is 0. The molecule has 2 aliphatic rings. The zero-order valence-electron chi connectivity index (χ0n) is 12.4. The van der Waals surface area contributed by atoms with E-state index < -0.39 is 0 Å². The number of anilines is 1. The fourth-order valence-electron chi connectivity index (χ4n) is 3.34. The number of hydrogen-bond donors (Lipinski definition) is 1. The second-order valence-electron chi connectivity index (χ2n) is 5.87.